The van der Waals surface area contributed by atoms with Crippen molar-refractivity contribution in [2.24, 2.45) is 5.92 Å². The summed E-state index contributed by atoms with van der Waals surface area (Å²) in [4.78, 5) is 65.3. The number of Topliss-reactive ketones (excluding diaryl/α,β-unsaturated/α-hetero) is 1. The number of aromatic nitrogens is 1. The molecule has 6 rings (SSSR count). The lowest BCUT2D eigenvalue weighted by Gasteiger charge is -2.46. The van der Waals surface area contributed by atoms with Crippen molar-refractivity contribution in [3.05, 3.63) is 102 Å². The van der Waals surface area contributed by atoms with E-state index in [1.807, 2.05) is 98.9 Å². The number of amides is 3. The van der Waals surface area contributed by atoms with Gasteiger partial charge in [0.15, 0.2) is 5.78 Å². The number of H-pyrrole nitrogens is 1. The van der Waals surface area contributed by atoms with Crippen molar-refractivity contribution < 1.29 is 23.9 Å². The van der Waals surface area contributed by atoms with Crippen LogP contribution in [0, 0.1) is 5.92 Å². The molecule has 10 nitrogen and oxygen atoms in total. The number of piperazine rings is 2. The fourth-order valence-electron chi connectivity index (χ4n) is 7.63. The van der Waals surface area contributed by atoms with Gasteiger partial charge < -0.3 is 29.7 Å². The maximum atomic E-state index is 15.1. The van der Waals surface area contributed by atoms with Crippen molar-refractivity contribution in [1.29, 1.82) is 0 Å². The van der Waals surface area contributed by atoms with Crippen LogP contribution < -0.4 is 10.1 Å². The number of aromatic amines is 1. The molecule has 3 amide bonds. The molecule has 51 heavy (non-hydrogen) atoms. The molecule has 2 saturated heterocycles. The highest BCUT2D eigenvalue weighted by molar-refractivity contribution is 5.96. The van der Waals surface area contributed by atoms with Crippen molar-refractivity contribution in [2.75, 3.05) is 33.3 Å². The fourth-order valence-corrected chi connectivity index (χ4v) is 7.63. The molecule has 10 heteroatoms. The molecule has 0 saturated carbocycles. The lowest BCUT2D eigenvalue weighted by Crippen LogP contribution is -2.67. The van der Waals surface area contributed by atoms with E-state index in [4.69, 9.17) is 4.74 Å². The van der Waals surface area contributed by atoms with Crippen LogP contribution >= 0.6 is 0 Å². The van der Waals surface area contributed by atoms with E-state index >= 15 is 4.79 Å². The summed E-state index contributed by atoms with van der Waals surface area (Å²) >= 11 is 0. The summed E-state index contributed by atoms with van der Waals surface area (Å²) in [5.41, 5.74) is 3.79. The summed E-state index contributed by atoms with van der Waals surface area (Å²) in [5, 5.41) is 4.38. The number of fused-ring (bicyclic) bond motifs is 1. The third kappa shape index (κ3) is 8.01. The van der Waals surface area contributed by atoms with E-state index in [-0.39, 0.29) is 42.5 Å². The molecular weight excluding hydrogens is 642 g/mol. The third-order valence-corrected chi connectivity index (χ3v) is 10.3. The SMILES string of the molecule is COc1ccc(C[C@@H]2NCCN([C@@H](Cc3c[nH]c4ccccc34)C(=O)N3CCN([C@@H](CC(C)C)C(C)=O)C(=O)[C@@H]3Cc3ccccc3)C2=O)cc1. The number of hydrogen-bond donors (Lipinski definition) is 2. The second-order valence-electron chi connectivity index (χ2n) is 14.2. The fraction of sp³-hybridized carbons (Fsp3) is 0.415. The van der Waals surface area contributed by atoms with Gasteiger partial charge in [-0.25, -0.2) is 0 Å². The van der Waals surface area contributed by atoms with Crippen molar-refractivity contribution in [2.45, 2.75) is 70.6 Å². The van der Waals surface area contributed by atoms with Gasteiger partial charge in [0.2, 0.25) is 17.7 Å². The van der Waals surface area contributed by atoms with Crippen LogP contribution in [0.5, 0.6) is 5.75 Å². The molecule has 268 valence electrons. The van der Waals surface area contributed by atoms with Gasteiger partial charge in [0.25, 0.3) is 0 Å². The zero-order valence-corrected chi connectivity index (χ0v) is 30.0. The Morgan fingerprint density at radius 3 is 2.22 bits per heavy atom. The average molecular weight is 692 g/mol. The average Bonchev–Trinajstić information content (AvgIpc) is 3.54. The Balaban J connectivity index is 1.35. The highest BCUT2D eigenvalue weighted by atomic mass is 16.5. The lowest BCUT2D eigenvalue weighted by molar-refractivity contribution is -0.160. The second kappa shape index (κ2) is 15.9. The molecule has 2 fully saturated rings. The minimum Gasteiger partial charge on any atom is -0.497 e. The first-order valence-electron chi connectivity index (χ1n) is 18.0. The summed E-state index contributed by atoms with van der Waals surface area (Å²) in [6.07, 6.45) is 3.54. The highest BCUT2D eigenvalue weighted by Gasteiger charge is 2.45. The summed E-state index contributed by atoms with van der Waals surface area (Å²) in [7, 11) is 1.62. The van der Waals surface area contributed by atoms with Crippen molar-refractivity contribution in [3.63, 3.8) is 0 Å². The molecule has 0 aliphatic carbocycles. The number of nitrogens with zero attached hydrogens (tertiary/aromatic N) is 3. The van der Waals surface area contributed by atoms with Crippen LogP contribution in [0.15, 0.2) is 85.1 Å². The van der Waals surface area contributed by atoms with Crippen LogP contribution in [0.1, 0.15) is 43.9 Å². The van der Waals surface area contributed by atoms with Gasteiger partial charge in [0.05, 0.1) is 19.2 Å². The molecular formula is C41H49N5O5. The van der Waals surface area contributed by atoms with E-state index in [1.54, 1.807) is 28.7 Å². The van der Waals surface area contributed by atoms with Gasteiger partial charge in [-0.15, -0.1) is 0 Å². The van der Waals surface area contributed by atoms with Crippen molar-refractivity contribution >= 4 is 34.4 Å². The van der Waals surface area contributed by atoms with Gasteiger partial charge in [-0.2, -0.15) is 0 Å². The van der Waals surface area contributed by atoms with E-state index in [0.29, 0.717) is 38.8 Å². The van der Waals surface area contributed by atoms with Crippen LogP contribution in [0.25, 0.3) is 10.9 Å². The quantitative estimate of drug-likeness (QED) is 0.215. The maximum absolute atomic E-state index is 15.1. The van der Waals surface area contributed by atoms with Crippen LogP contribution in [0.4, 0.5) is 0 Å². The summed E-state index contributed by atoms with van der Waals surface area (Å²) in [6, 6.07) is 22.6. The normalized spacial score (nSPS) is 19.4. The summed E-state index contributed by atoms with van der Waals surface area (Å²) in [5.74, 6) is 0.274. The van der Waals surface area contributed by atoms with Crippen LogP contribution in [-0.2, 0) is 38.4 Å². The lowest BCUT2D eigenvalue weighted by atomic mass is 9.93. The van der Waals surface area contributed by atoms with E-state index in [9.17, 15) is 14.4 Å². The van der Waals surface area contributed by atoms with E-state index in [2.05, 4.69) is 10.3 Å². The van der Waals surface area contributed by atoms with E-state index < -0.39 is 24.2 Å². The minimum absolute atomic E-state index is 0.0539. The van der Waals surface area contributed by atoms with E-state index in [1.165, 1.54) is 0 Å². The number of carbonyl (C=O) groups excluding carboxylic acids is 4. The predicted molar refractivity (Wildman–Crippen MR) is 197 cm³/mol. The highest BCUT2D eigenvalue weighted by Crippen LogP contribution is 2.27. The second-order valence-corrected chi connectivity index (χ2v) is 14.2. The topological polar surface area (TPSA) is 115 Å². The first-order valence-corrected chi connectivity index (χ1v) is 18.0. The van der Waals surface area contributed by atoms with Gasteiger partial charge in [-0.05, 0) is 60.6 Å². The summed E-state index contributed by atoms with van der Waals surface area (Å²) < 4.78 is 5.32. The molecule has 3 heterocycles. The number of ketones is 1. The monoisotopic (exact) mass is 691 g/mol. The molecule has 0 bridgehead atoms. The van der Waals surface area contributed by atoms with Gasteiger partial charge in [0.1, 0.15) is 17.8 Å². The van der Waals surface area contributed by atoms with Crippen molar-refractivity contribution in [3.8, 4) is 5.75 Å². The van der Waals surface area contributed by atoms with Crippen LogP contribution in [-0.4, -0.2) is 101 Å². The van der Waals surface area contributed by atoms with Crippen molar-refractivity contribution in [1.82, 2.24) is 25.0 Å². The minimum atomic E-state index is -0.839. The Bertz CT molecular complexity index is 1840. The zero-order valence-electron chi connectivity index (χ0n) is 30.0. The predicted octanol–water partition coefficient (Wildman–Crippen LogP) is 4.42. The number of benzene rings is 3. The first kappa shape index (κ1) is 35.9. The Kier molecular flexibility index (Phi) is 11.2. The molecule has 0 radical (unpaired) electrons. The van der Waals surface area contributed by atoms with Gasteiger partial charge in [0, 0.05) is 56.1 Å². The molecule has 2 N–H and O–H groups in total. The molecule has 4 aromatic rings. The van der Waals surface area contributed by atoms with Gasteiger partial charge in [-0.3, -0.25) is 19.2 Å². The smallest absolute Gasteiger partial charge is 0.246 e. The Hall–Kier alpha value is -4.96. The number of nitrogens with one attached hydrogen (secondary N) is 2. The number of methoxy groups -OCH3 is 1. The maximum Gasteiger partial charge on any atom is 0.246 e. The Morgan fingerprint density at radius 2 is 1.51 bits per heavy atom. The van der Waals surface area contributed by atoms with Crippen LogP contribution in [0.2, 0.25) is 0 Å². The number of hydrogen-bond acceptors (Lipinski definition) is 6. The number of para-hydroxylation sites is 1. The summed E-state index contributed by atoms with van der Waals surface area (Å²) in [6.45, 7) is 7.03. The molecule has 2 aliphatic rings. The largest absolute Gasteiger partial charge is 0.497 e. The van der Waals surface area contributed by atoms with Crippen LogP contribution in [0.3, 0.4) is 0 Å². The van der Waals surface area contributed by atoms with Gasteiger partial charge in [-0.1, -0.05) is 74.5 Å². The number of carbonyl (C=O) groups is 4. The Labute approximate surface area is 300 Å². The molecule has 0 unspecified atom stereocenters. The van der Waals surface area contributed by atoms with E-state index in [0.717, 1.165) is 33.3 Å². The zero-order chi connectivity index (χ0) is 36.1. The standard InChI is InChI=1S/C41H49N5O5/c1-27(2)22-36(28(3)47)45-20-21-46(37(40(45)49)24-29-10-6-5-7-11-29)41(50)38(25-31-26-43-34-13-9-8-12-33(31)34)44-19-18-42-35(39(44)48)23-30-14-16-32(51-4)17-15-30/h5-17,26-27,35-38,42-43H,18-25H2,1-4H3/t35-,36-,37-,38-/m0/s1. The Morgan fingerprint density at radius 1 is 0.824 bits per heavy atom. The molecule has 1 aromatic heterocycles. The third-order valence-electron chi connectivity index (χ3n) is 10.3. The first-order chi connectivity index (χ1) is 24.6. The molecule has 2 aliphatic heterocycles. The number of rotatable bonds is 13. The van der Waals surface area contributed by atoms with Gasteiger partial charge >= 0.3 is 0 Å². The number of ether oxygens (including phenoxy) is 1. The molecule has 0 spiro atoms. The molecule has 3 aromatic carbocycles. The molecule has 4 atom stereocenters.